The van der Waals surface area contributed by atoms with Gasteiger partial charge in [0.2, 0.25) is 11.8 Å². The Labute approximate surface area is 183 Å². The van der Waals surface area contributed by atoms with Gasteiger partial charge in [-0.15, -0.1) is 11.8 Å². The quantitative estimate of drug-likeness (QED) is 0.684. The molecule has 3 amide bonds. The molecule has 2 aromatic rings. The lowest BCUT2D eigenvalue weighted by atomic mass is 9.98. The molecule has 1 fully saturated rings. The number of benzene rings is 1. The zero-order valence-corrected chi connectivity index (χ0v) is 18.9. The molecule has 1 atom stereocenters. The molecular formula is C21H24N4O3S2. The zero-order chi connectivity index (χ0) is 21.5. The number of thioether (sulfide) groups is 1. The fourth-order valence-electron chi connectivity index (χ4n) is 4.25. The van der Waals surface area contributed by atoms with E-state index in [-0.39, 0.29) is 24.1 Å². The predicted molar refractivity (Wildman–Crippen MR) is 119 cm³/mol. The lowest BCUT2D eigenvalue weighted by Crippen LogP contribution is -2.62. The Morgan fingerprint density at radius 3 is 2.83 bits per heavy atom. The van der Waals surface area contributed by atoms with Crippen LogP contribution < -0.4 is 10.2 Å². The minimum Gasteiger partial charge on any atom is -0.315 e. The molecule has 30 heavy (non-hydrogen) atoms. The van der Waals surface area contributed by atoms with Gasteiger partial charge in [-0.3, -0.25) is 19.3 Å². The van der Waals surface area contributed by atoms with Gasteiger partial charge >= 0.3 is 0 Å². The van der Waals surface area contributed by atoms with E-state index in [0.717, 1.165) is 9.90 Å². The van der Waals surface area contributed by atoms with Crippen LogP contribution in [0.15, 0.2) is 28.5 Å². The van der Waals surface area contributed by atoms with E-state index in [2.05, 4.69) is 10.3 Å². The highest BCUT2D eigenvalue weighted by Crippen LogP contribution is 2.44. The molecule has 2 aliphatic rings. The van der Waals surface area contributed by atoms with Crippen LogP contribution in [0.25, 0.3) is 0 Å². The highest BCUT2D eigenvalue weighted by Gasteiger charge is 2.52. The van der Waals surface area contributed by atoms with Crippen molar-refractivity contribution in [1.29, 1.82) is 0 Å². The normalized spacial score (nSPS) is 20.4. The van der Waals surface area contributed by atoms with Gasteiger partial charge in [0.25, 0.3) is 5.91 Å². The molecule has 0 spiro atoms. The summed E-state index contributed by atoms with van der Waals surface area (Å²) >= 11 is 3.08. The number of hydrogen-bond donors (Lipinski definition) is 1. The Bertz CT molecular complexity index is 1020. The average Bonchev–Trinajstić information content (AvgIpc) is 3.23. The average molecular weight is 445 g/mol. The van der Waals surface area contributed by atoms with Crippen LogP contribution >= 0.6 is 23.1 Å². The number of carbonyl (C=O) groups is 3. The van der Waals surface area contributed by atoms with E-state index < -0.39 is 5.66 Å². The number of aryl methyl sites for hydroxylation is 1. The minimum atomic E-state index is -0.682. The van der Waals surface area contributed by atoms with Crippen molar-refractivity contribution in [2.45, 2.75) is 49.4 Å². The van der Waals surface area contributed by atoms with Crippen LogP contribution in [0.5, 0.6) is 0 Å². The number of anilines is 2. The van der Waals surface area contributed by atoms with Gasteiger partial charge in [0, 0.05) is 19.4 Å². The largest absolute Gasteiger partial charge is 0.315 e. The molecule has 2 aliphatic heterocycles. The van der Waals surface area contributed by atoms with Crippen LogP contribution in [-0.2, 0) is 9.59 Å². The number of rotatable bonds is 6. The van der Waals surface area contributed by atoms with Crippen LogP contribution in [0.4, 0.5) is 10.8 Å². The molecule has 0 bridgehead atoms. The van der Waals surface area contributed by atoms with Gasteiger partial charge in [-0.05, 0) is 45.1 Å². The Morgan fingerprint density at radius 2 is 2.10 bits per heavy atom. The molecule has 1 aromatic heterocycles. The van der Waals surface area contributed by atoms with Crippen molar-refractivity contribution in [1.82, 2.24) is 9.88 Å². The number of aromatic nitrogens is 1. The summed E-state index contributed by atoms with van der Waals surface area (Å²) in [5, 5.41) is 3.45. The number of carbonyl (C=O) groups excluding carboxylic acids is 3. The maximum absolute atomic E-state index is 13.2. The Balaban J connectivity index is 1.44. The van der Waals surface area contributed by atoms with Gasteiger partial charge in [0.15, 0.2) is 5.13 Å². The first-order chi connectivity index (χ1) is 14.3. The van der Waals surface area contributed by atoms with Gasteiger partial charge in [-0.2, -0.15) is 0 Å². The molecule has 1 N–H and O–H groups in total. The van der Waals surface area contributed by atoms with E-state index in [0.29, 0.717) is 42.2 Å². The van der Waals surface area contributed by atoms with Gasteiger partial charge < -0.3 is 10.2 Å². The van der Waals surface area contributed by atoms with E-state index >= 15 is 0 Å². The predicted octanol–water partition coefficient (Wildman–Crippen LogP) is 3.89. The third-order valence-corrected chi connectivity index (χ3v) is 8.00. The van der Waals surface area contributed by atoms with E-state index in [1.54, 1.807) is 27.6 Å². The fraction of sp³-hybridized carbons (Fsp3) is 0.429. The molecule has 0 saturated carbocycles. The number of nitrogens with one attached hydrogen (secondary N) is 1. The fourth-order valence-corrected chi connectivity index (χ4v) is 5.87. The van der Waals surface area contributed by atoms with Gasteiger partial charge in [-0.1, -0.05) is 23.5 Å². The monoisotopic (exact) mass is 444 g/mol. The van der Waals surface area contributed by atoms with E-state index in [4.69, 9.17) is 0 Å². The second kappa shape index (κ2) is 8.03. The molecular weight excluding hydrogens is 420 g/mol. The molecule has 4 rings (SSSR count). The number of hydrogen-bond acceptors (Lipinski definition) is 6. The summed E-state index contributed by atoms with van der Waals surface area (Å²) in [6, 6.07) is 7.25. The van der Waals surface area contributed by atoms with Crippen molar-refractivity contribution in [2.24, 2.45) is 0 Å². The Kier molecular flexibility index (Phi) is 5.59. The lowest BCUT2D eigenvalue weighted by Gasteiger charge is -2.48. The molecule has 1 aromatic carbocycles. The van der Waals surface area contributed by atoms with Crippen molar-refractivity contribution in [3.05, 3.63) is 35.5 Å². The number of para-hydroxylation sites is 1. The molecule has 1 unspecified atom stereocenters. The Hall–Kier alpha value is -2.39. The Morgan fingerprint density at radius 1 is 1.33 bits per heavy atom. The molecule has 0 aliphatic carbocycles. The first kappa shape index (κ1) is 20.9. The van der Waals surface area contributed by atoms with E-state index in [9.17, 15) is 14.4 Å². The van der Waals surface area contributed by atoms with Gasteiger partial charge in [0.1, 0.15) is 5.66 Å². The number of thiazole rings is 1. The highest BCUT2D eigenvalue weighted by atomic mass is 32.2. The van der Waals surface area contributed by atoms with Crippen molar-refractivity contribution >= 4 is 51.6 Å². The topological polar surface area (TPSA) is 82.6 Å². The summed E-state index contributed by atoms with van der Waals surface area (Å²) in [6.07, 6.45) is 3.78. The van der Waals surface area contributed by atoms with Crippen LogP contribution in [0.1, 0.15) is 48.7 Å². The summed E-state index contributed by atoms with van der Waals surface area (Å²) in [4.78, 5) is 46.0. The zero-order valence-electron chi connectivity index (χ0n) is 17.2. The SMILES string of the molecule is CSc1sc(NC(=O)CCCN2C(=O)c3ccccc3N3C(=O)CCC23C)nc1C. The molecule has 7 nitrogen and oxygen atoms in total. The first-order valence-corrected chi connectivity index (χ1v) is 11.9. The van der Waals surface area contributed by atoms with Crippen LogP contribution in [-0.4, -0.2) is 46.1 Å². The third kappa shape index (κ3) is 3.50. The summed E-state index contributed by atoms with van der Waals surface area (Å²) in [5.41, 5.74) is 1.46. The summed E-state index contributed by atoms with van der Waals surface area (Å²) < 4.78 is 1.08. The minimum absolute atomic E-state index is 0.0314. The second-order valence-electron chi connectivity index (χ2n) is 7.67. The van der Waals surface area contributed by atoms with E-state index in [1.807, 2.05) is 38.3 Å². The van der Waals surface area contributed by atoms with Gasteiger partial charge in [0.05, 0.1) is 21.2 Å². The smallest absolute Gasteiger partial charge is 0.257 e. The lowest BCUT2D eigenvalue weighted by molar-refractivity contribution is -0.118. The molecule has 9 heteroatoms. The summed E-state index contributed by atoms with van der Waals surface area (Å²) in [5.74, 6) is -0.172. The maximum atomic E-state index is 13.2. The number of fused-ring (bicyclic) bond motifs is 3. The standard InChI is InChI=1S/C21H24N4O3S2/c1-13-19(29-3)30-20(22-13)23-16(26)9-6-12-24-18(28)14-7-4-5-8-15(14)25-17(27)10-11-21(24,25)2/h4-5,7-8H,6,9-12H2,1-3H3,(H,22,23,26). The molecule has 0 radical (unpaired) electrons. The third-order valence-electron chi connectivity index (χ3n) is 5.72. The number of amides is 3. The van der Waals surface area contributed by atoms with Crippen molar-refractivity contribution in [2.75, 3.05) is 23.0 Å². The van der Waals surface area contributed by atoms with Crippen molar-refractivity contribution in [3.8, 4) is 0 Å². The van der Waals surface area contributed by atoms with Crippen LogP contribution in [0.3, 0.4) is 0 Å². The van der Waals surface area contributed by atoms with Crippen LogP contribution in [0.2, 0.25) is 0 Å². The maximum Gasteiger partial charge on any atom is 0.257 e. The number of nitrogens with zero attached hydrogens (tertiary/aromatic N) is 3. The molecule has 3 heterocycles. The van der Waals surface area contributed by atoms with E-state index in [1.165, 1.54) is 11.3 Å². The highest BCUT2D eigenvalue weighted by molar-refractivity contribution is 8.00. The summed E-state index contributed by atoms with van der Waals surface area (Å²) in [6.45, 7) is 4.27. The van der Waals surface area contributed by atoms with Crippen molar-refractivity contribution in [3.63, 3.8) is 0 Å². The molecule has 158 valence electrons. The van der Waals surface area contributed by atoms with Gasteiger partial charge in [-0.25, -0.2) is 4.98 Å². The van der Waals surface area contributed by atoms with Crippen molar-refractivity contribution < 1.29 is 14.4 Å². The van der Waals surface area contributed by atoms with Crippen LogP contribution in [0, 0.1) is 6.92 Å². The second-order valence-corrected chi connectivity index (χ2v) is 9.74. The summed E-state index contributed by atoms with van der Waals surface area (Å²) in [7, 11) is 0. The first-order valence-electron chi connectivity index (χ1n) is 9.90. The molecule has 1 saturated heterocycles.